The molecule has 0 saturated heterocycles. The molecule has 0 saturated carbocycles. The zero-order chi connectivity index (χ0) is 9.23. The monoisotopic (exact) mass is 171 g/mol. The van der Waals surface area contributed by atoms with Crippen LogP contribution in [0.1, 0.15) is 52.4 Å². The number of hydrogen-bond acceptors (Lipinski definition) is 2. The summed E-state index contributed by atoms with van der Waals surface area (Å²) >= 11 is 0. The van der Waals surface area contributed by atoms with E-state index in [9.17, 15) is 0 Å². The van der Waals surface area contributed by atoms with E-state index in [4.69, 9.17) is 10.1 Å². The molecule has 2 nitrogen and oxygen atoms in total. The molecule has 0 atom stereocenters. The number of ether oxygens (including phenoxy) is 1. The third-order valence-electron chi connectivity index (χ3n) is 1.75. The molecule has 0 unspecified atom stereocenters. The van der Waals surface area contributed by atoms with Crippen molar-refractivity contribution in [2.45, 2.75) is 52.4 Å². The highest BCUT2D eigenvalue weighted by atomic mass is 16.5. The van der Waals surface area contributed by atoms with E-state index in [1.807, 2.05) is 0 Å². The van der Waals surface area contributed by atoms with Crippen LogP contribution < -0.4 is 0 Å². The lowest BCUT2D eigenvalue weighted by Gasteiger charge is -2.05. The standard InChI is InChI=1S/C10H21NO/c1-3-5-6-7-9-12-10(11)8-4-2/h11H,3-9H2,1-2H3. The number of rotatable bonds is 7. The van der Waals surface area contributed by atoms with E-state index in [1.54, 1.807) is 0 Å². The molecule has 0 amide bonds. The first-order chi connectivity index (χ1) is 5.81. The first kappa shape index (κ1) is 11.5. The molecule has 72 valence electrons. The Morgan fingerprint density at radius 2 is 1.83 bits per heavy atom. The summed E-state index contributed by atoms with van der Waals surface area (Å²) in [6.45, 7) is 4.99. The van der Waals surface area contributed by atoms with Crippen LogP contribution in [0.15, 0.2) is 0 Å². The molecule has 0 aliphatic carbocycles. The smallest absolute Gasteiger partial charge is 0.180 e. The van der Waals surface area contributed by atoms with Gasteiger partial charge in [-0.2, -0.15) is 0 Å². The minimum absolute atomic E-state index is 0.453. The van der Waals surface area contributed by atoms with Crippen LogP contribution in [-0.4, -0.2) is 12.5 Å². The molecule has 0 aromatic rings. The number of unbranched alkanes of at least 4 members (excludes halogenated alkanes) is 3. The zero-order valence-electron chi connectivity index (χ0n) is 8.36. The van der Waals surface area contributed by atoms with Crippen molar-refractivity contribution in [2.75, 3.05) is 6.61 Å². The summed E-state index contributed by atoms with van der Waals surface area (Å²) in [5.41, 5.74) is 0. The third-order valence-corrected chi connectivity index (χ3v) is 1.75. The highest BCUT2D eigenvalue weighted by Crippen LogP contribution is 2.00. The summed E-state index contributed by atoms with van der Waals surface area (Å²) < 4.78 is 5.21. The van der Waals surface area contributed by atoms with Crippen LogP contribution >= 0.6 is 0 Å². The average Bonchev–Trinajstić information content (AvgIpc) is 2.05. The minimum Gasteiger partial charge on any atom is -0.481 e. The van der Waals surface area contributed by atoms with Gasteiger partial charge in [0.05, 0.1) is 6.61 Å². The van der Waals surface area contributed by atoms with Crippen molar-refractivity contribution in [1.82, 2.24) is 0 Å². The van der Waals surface area contributed by atoms with E-state index >= 15 is 0 Å². The van der Waals surface area contributed by atoms with Crippen LogP contribution in [0.4, 0.5) is 0 Å². The molecule has 0 spiro atoms. The predicted octanol–water partition coefficient (Wildman–Crippen LogP) is 3.36. The van der Waals surface area contributed by atoms with E-state index in [2.05, 4.69) is 13.8 Å². The second kappa shape index (κ2) is 8.57. The molecule has 2 heteroatoms. The van der Waals surface area contributed by atoms with Crippen molar-refractivity contribution in [2.24, 2.45) is 0 Å². The lowest BCUT2D eigenvalue weighted by Crippen LogP contribution is -2.03. The van der Waals surface area contributed by atoms with Crippen LogP contribution in [-0.2, 0) is 4.74 Å². The van der Waals surface area contributed by atoms with Crippen LogP contribution in [0.25, 0.3) is 0 Å². The van der Waals surface area contributed by atoms with Crippen molar-refractivity contribution >= 4 is 5.90 Å². The molecular weight excluding hydrogens is 150 g/mol. The number of nitrogens with one attached hydrogen (secondary N) is 1. The Bertz CT molecular complexity index is 112. The maximum atomic E-state index is 7.35. The van der Waals surface area contributed by atoms with Gasteiger partial charge in [0.25, 0.3) is 0 Å². The van der Waals surface area contributed by atoms with Crippen molar-refractivity contribution in [3.05, 3.63) is 0 Å². The van der Waals surface area contributed by atoms with Gasteiger partial charge in [-0.25, -0.2) is 0 Å². The zero-order valence-corrected chi connectivity index (χ0v) is 8.36. The minimum atomic E-state index is 0.453. The van der Waals surface area contributed by atoms with E-state index in [0.29, 0.717) is 5.90 Å². The summed E-state index contributed by atoms with van der Waals surface area (Å²) in [5, 5.41) is 7.35. The second-order valence-electron chi connectivity index (χ2n) is 3.08. The highest BCUT2D eigenvalue weighted by Gasteiger charge is 1.94. The van der Waals surface area contributed by atoms with Gasteiger partial charge < -0.3 is 4.74 Å². The van der Waals surface area contributed by atoms with E-state index in [-0.39, 0.29) is 0 Å². The second-order valence-corrected chi connectivity index (χ2v) is 3.08. The number of hydrogen-bond donors (Lipinski definition) is 1. The summed E-state index contributed by atoms with van der Waals surface area (Å²) in [7, 11) is 0. The maximum absolute atomic E-state index is 7.35. The Morgan fingerprint density at radius 3 is 2.42 bits per heavy atom. The molecule has 0 aromatic carbocycles. The van der Waals surface area contributed by atoms with Crippen molar-refractivity contribution in [3.8, 4) is 0 Å². The molecule has 0 rings (SSSR count). The molecule has 0 aliphatic heterocycles. The highest BCUT2D eigenvalue weighted by molar-refractivity contribution is 5.72. The quantitative estimate of drug-likeness (QED) is 0.355. The fourth-order valence-electron chi connectivity index (χ4n) is 1.02. The molecule has 0 bridgehead atoms. The molecule has 12 heavy (non-hydrogen) atoms. The Hall–Kier alpha value is -0.530. The summed E-state index contributed by atoms with van der Waals surface area (Å²) in [6.07, 6.45) is 6.66. The van der Waals surface area contributed by atoms with Crippen LogP contribution in [0.3, 0.4) is 0 Å². The largest absolute Gasteiger partial charge is 0.481 e. The van der Waals surface area contributed by atoms with Crippen LogP contribution in [0.5, 0.6) is 0 Å². The first-order valence-electron chi connectivity index (χ1n) is 5.01. The van der Waals surface area contributed by atoms with Gasteiger partial charge in [-0.05, 0) is 12.8 Å². The predicted molar refractivity (Wildman–Crippen MR) is 52.7 cm³/mol. The Balaban J connectivity index is 3.03. The summed E-state index contributed by atoms with van der Waals surface area (Å²) in [4.78, 5) is 0. The van der Waals surface area contributed by atoms with Gasteiger partial charge in [0.2, 0.25) is 0 Å². The van der Waals surface area contributed by atoms with Gasteiger partial charge >= 0.3 is 0 Å². The fraction of sp³-hybridized carbons (Fsp3) is 0.900. The first-order valence-corrected chi connectivity index (χ1v) is 5.01. The lowest BCUT2D eigenvalue weighted by molar-refractivity contribution is 0.281. The lowest BCUT2D eigenvalue weighted by atomic mass is 10.2. The van der Waals surface area contributed by atoms with E-state index < -0.39 is 0 Å². The molecule has 0 fully saturated rings. The average molecular weight is 171 g/mol. The van der Waals surface area contributed by atoms with E-state index in [0.717, 1.165) is 25.9 Å². The third kappa shape index (κ3) is 7.58. The Kier molecular flexibility index (Phi) is 8.19. The van der Waals surface area contributed by atoms with Crippen molar-refractivity contribution in [3.63, 3.8) is 0 Å². The molecule has 0 heterocycles. The van der Waals surface area contributed by atoms with Gasteiger partial charge in [-0.15, -0.1) is 0 Å². The summed E-state index contributed by atoms with van der Waals surface area (Å²) in [5.74, 6) is 0.453. The van der Waals surface area contributed by atoms with Gasteiger partial charge in [0.1, 0.15) is 0 Å². The van der Waals surface area contributed by atoms with Crippen LogP contribution in [0.2, 0.25) is 0 Å². The summed E-state index contributed by atoms with van der Waals surface area (Å²) in [6, 6.07) is 0. The SMILES string of the molecule is CCCCCCOC(=N)CCC. The molecule has 0 aliphatic rings. The van der Waals surface area contributed by atoms with Gasteiger partial charge in [-0.1, -0.05) is 33.1 Å². The fourth-order valence-corrected chi connectivity index (χ4v) is 1.02. The Morgan fingerprint density at radius 1 is 1.08 bits per heavy atom. The van der Waals surface area contributed by atoms with Crippen molar-refractivity contribution in [1.29, 1.82) is 5.41 Å². The van der Waals surface area contributed by atoms with Gasteiger partial charge in [0, 0.05) is 6.42 Å². The normalized spacial score (nSPS) is 9.83. The van der Waals surface area contributed by atoms with Gasteiger partial charge in [-0.3, -0.25) is 5.41 Å². The molecule has 0 radical (unpaired) electrons. The Labute approximate surface area is 75.8 Å². The van der Waals surface area contributed by atoms with Crippen LogP contribution in [0, 0.1) is 5.41 Å². The van der Waals surface area contributed by atoms with Crippen molar-refractivity contribution < 1.29 is 4.74 Å². The molecule has 1 N–H and O–H groups in total. The molecule has 0 aromatic heterocycles. The topological polar surface area (TPSA) is 33.1 Å². The van der Waals surface area contributed by atoms with E-state index in [1.165, 1.54) is 19.3 Å². The maximum Gasteiger partial charge on any atom is 0.180 e. The van der Waals surface area contributed by atoms with Gasteiger partial charge in [0.15, 0.2) is 5.90 Å². The molecular formula is C10H21NO.